The third-order valence-corrected chi connectivity index (χ3v) is 3.89. The molecule has 72 valence electrons. The lowest BCUT2D eigenvalue weighted by Crippen LogP contribution is -1.92. The van der Waals surface area contributed by atoms with Crippen LogP contribution >= 0.6 is 38.5 Å². The van der Waals surface area contributed by atoms with Crippen LogP contribution in [0.15, 0.2) is 21.6 Å². The van der Waals surface area contributed by atoms with Crippen LogP contribution < -0.4 is 0 Å². The number of halogens is 2. The molecule has 0 fully saturated rings. The van der Waals surface area contributed by atoms with E-state index in [2.05, 4.69) is 20.9 Å². The molecule has 0 heterocycles. The summed E-state index contributed by atoms with van der Waals surface area (Å²) in [7, 11) is 0. The second kappa shape index (κ2) is 4.63. The van der Waals surface area contributed by atoms with Gasteiger partial charge in [0.15, 0.2) is 5.69 Å². The van der Waals surface area contributed by atoms with Crippen molar-refractivity contribution >= 4 is 56.0 Å². The van der Waals surface area contributed by atoms with Crippen molar-refractivity contribution in [2.24, 2.45) is 4.99 Å². The minimum atomic E-state index is -0.581. The van der Waals surface area contributed by atoms with Crippen molar-refractivity contribution < 1.29 is 9.72 Å². The van der Waals surface area contributed by atoms with Gasteiger partial charge in [-0.1, -0.05) is 0 Å². The van der Waals surface area contributed by atoms with Gasteiger partial charge in [-0.3, -0.25) is 10.1 Å². The summed E-state index contributed by atoms with van der Waals surface area (Å²) in [6.45, 7) is 0. The standard InChI is InChI=1S/C7H2BrIN2O3/c8-4-1-2-5(10-3-12)7(6(4)9)11(13)14/h1-2H. The quantitative estimate of drug-likeness (QED) is 0.265. The van der Waals surface area contributed by atoms with Crippen molar-refractivity contribution in [1.82, 2.24) is 0 Å². The van der Waals surface area contributed by atoms with Gasteiger partial charge < -0.3 is 0 Å². The molecule has 0 saturated carbocycles. The summed E-state index contributed by atoms with van der Waals surface area (Å²) in [5.41, 5.74) is -0.180. The molecule has 5 nitrogen and oxygen atoms in total. The zero-order chi connectivity index (χ0) is 10.7. The molecule has 0 N–H and O–H groups in total. The molecule has 0 saturated heterocycles. The molecule has 0 bridgehead atoms. The molecule has 0 spiro atoms. The first-order valence-corrected chi connectivity index (χ1v) is 5.15. The van der Waals surface area contributed by atoms with Crippen molar-refractivity contribution in [1.29, 1.82) is 0 Å². The minimum Gasteiger partial charge on any atom is -0.258 e. The molecule has 0 atom stereocenters. The zero-order valence-corrected chi connectivity index (χ0v) is 10.3. The van der Waals surface area contributed by atoms with Gasteiger partial charge in [0.25, 0.3) is 0 Å². The van der Waals surface area contributed by atoms with Crippen LogP contribution in [0.3, 0.4) is 0 Å². The first-order valence-electron chi connectivity index (χ1n) is 3.28. The van der Waals surface area contributed by atoms with Crippen molar-refractivity contribution in [3.8, 4) is 0 Å². The normalized spacial score (nSPS) is 9.29. The van der Waals surface area contributed by atoms with E-state index in [4.69, 9.17) is 0 Å². The molecule has 1 aromatic rings. The number of benzene rings is 1. The Bertz CT molecular complexity index is 443. The summed E-state index contributed by atoms with van der Waals surface area (Å²) in [6, 6.07) is 2.97. The van der Waals surface area contributed by atoms with E-state index in [-0.39, 0.29) is 11.4 Å². The van der Waals surface area contributed by atoms with E-state index in [1.54, 1.807) is 6.07 Å². The maximum Gasteiger partial charge on any atom is 0.310 e. The molecular formula is C7H2BrIN2O3. The highest BCUT2D eigenvalue weighted by Gasteiger charge is 2.20. The first kappa shape index (κ1) is 11.3. The van der Waals surface area contributed by atoms with E-state index in [0.717, 1.165) is 0 Å². The summed E-state index contributed by atoms with van der Waals surface area (Å²) < 4.78 is 0.999. The van der Waals surface area contributed by atoms with Gasteiger partial charge in [0, 0.05) is 4.47 Å². The molecule has 0 unspecified atom stereocenters. The molecular weight excluding hydrogens is 367 g/mol. The van der Waals surface area contributed by atoms with Crippen LogP contribution in [-0.2, 0) is 4.79 Å². The average Bonchev–Trinajstić information content (AvgIpc) is 2.11. The maximum absolute atomic E-state index is 10.7. The van der Waals surface area contributed by atoms with E-state index in [9.17, 15) is 14.9 Å². The van der Waals surface area contributed by atoms with Crippen LogP contribution in [0.25, 0.3) is 0 Å². The Morgan fingerprint density at radius 2 is 2.21 bits per heavy atom. The van der Waals surface area contributed by atoms with E-state index in [1.807, 2.05) is 22.6 Å². The van der Waals surface area contributed by atoms with Gasteiger partial charge >= 0.3 is 5.69 Å². The maximum atomic E-state index is 10.7. The smallest absolute Gasteiger partial charge is 0.258 e. The number of aliphatic imine (C=N–C) groups is 1. The van der Waals surface area contributed by atoms with Crippen molar-refractivity contribution in [3.63, 3.8) is 0 Å². The Balaban J connectivity index is 3.52. The summed E-state index contributed by atoms with van der Waals surface area (Å²) in [5.74, 6) is 0. The first-order chi connectivity index (χ1) is 6.57. The monoisotopic (exact) mass is 368 g/mol. The molecule has 1 rings (SSSR count). The van der Waals surface area contributed by atoms with Crippen molar-refractivity contribution in [2.75, 3.05) is 0 Å². The van der Waals surface area contributed by atoms with Crippen LogP contribution in [0.1, 0.15) is 0 Å². The Hall–Kier alpha value is -0.790. The number of rotatable bonds is 2. The Morgan fingerprint density at radius 1 is 1.57 bits per heavy atom. The molecule has 0 aliphatic rings. The zero-order valence-electron chi connectivity index (χ0n) is 6.53. The van der Waals surface area contributed by atoms with Crippen LogP contribution in [0.4, 0.5) is 11.4 Å². The van der Waals surface area contributed by atoms with Crippen LogP contribution in [0.2, 0.25) is 0 Å². The molecule has 0 aromatic heterocycles. The largest absolute Gasteiger partial charge is 0.310 e. The van der Waals surface area contributed by atoms with Gasteiger partial charge in [-0.2, -0.15) is 4.99 Å². The lowest BCUT2D eigenvalue weighted by molar-refractivity contribution is -0.385. The number of carbonyl (C=O) groups excluding carboxylic acids is 1. The molecule has 0 radical (unpaired) electrons. The number of hydrogen-bond donors (Lipinski definition) is 0. The summed E-state index contributed by atoms with van der Waals surface area (Å²) in [5, 5.41) is 10.7. The lowest BCUT2D eigenvalue weighted by atomic mass is 10.3. The number of nitro groups is 1. The minimum absolute atomic E-state index is 0.0117. The van der Waals surface area contributed by atoms with Gasteiger partial charge in [-0.25, -0.2) is 4.79 Å². The summed E-state index contributed by atoms with van der Waals surface area (Å²) in [4.78, 5) is 23.4. The fraction of sp³-hybridized carbons (Fsp3) is 0. The van der Waals surface area contributed by atoms with Gasteiger partial charge in [0.1, 0.15) is 3.57 Å². The molecule has 0 aliphatic carbocycles. The number of nitro benzene ring substituents is 1. The predicted octanol–water partition coefficient (Wildman–Crippen LogP) is 2.93. The second-order valence-corrected chi connectivity index (χ2v) is 4.12. The van der Waals surface area contributed by atoms with Gasteiger partial charge in [-0.05, 0) is 50.7 Å². The Labute approximate surface area is 101 Å². The van der Waals surface area contributed by atoms with Crippen LogP contribution in [0.5, 0.6) is 0 Å². The highest BCUT2D eigenvalue weighted by molar-refractivity contribution is 14.1. The SMILES string of the molecule is O=C=Nc1ccc(Br)c(I)c1[N+](=O)[O-]. The van der Waals surface area contributed by atoms with E-state index >= 15 is 0 Å². The molecule has 1 aromatic carbocycles. The molecule has 7 heteroatoms. The van der Waals surface area contributed by atoms with Gasteiger partial charge in [0.05, 0.1) is 4.92 Å². The van der Waals surface area contributed by atoms with E-state index < -0.39 is 4.92 Å². The van der Waals surface area contributed by atoms with Gasteiger partial charge in [0.2, 0.25) is 6.08 Å². The van der Waals surface area contributed by atoms with Crippen LogP contribution in [-0.4, -0.2) is 11.0 Å². The second-order valence-electron chi connectivity index (χ2n) is 2.19. The van der Waals surface area contributed by atoms with E-state index in [1.165, 1.54) is 12.1 Å². The number of nitrogens with zero attached hydrogens (tertiary/aromatic N) is 2. The van der Waals surface area contributed by atoms with Gasteiger partial charge in [-0.15, -0.1) is 0 Å². The fourth-order valence-electron chi connectivity index (χ4n) is 0.843. The van der Waals surface area contributed by atoms with Crippen molar-refractivity contribution in [2.45, 2.75) is 0 Å². The highest BCUT2D eigenvalue weighted by Crippen LogP contribution is 2.36. The molecule has 14 heavy (non-hydrogen) atoms. The van der Waals surface area contributed by atoms with E-state index in [0.29, 0.717) is 8.04 Å². The Morgan fingerprint density at radius 3 is 2.71 bits per heavy atom. The van der Waals surface area contributed by atoms with Crippen molar-refractivity contribution in [3.05, 3.63) is 30.3 Å². The average molecular weight is 369 g/mol. The van der Waals surface area contributed by atoms with Crippen LogP contribution in [0, 0.1) is 13.7 Å². The highest BCUT2D eigenvalue weighted by atomic mass is 127. The predicted molar refractivity (Wildman–Crippen MR) is 61.3 cm³/mol. The third kappa shape index (κ3) is 2.17. The topological polar surface area (TPSA) is 72.6 Å². The molecule has 0 aliphatic heterocycles. The Kier molecular flexibility index (Phi) is 3.73. The molecule has 0 amide bonds. The summed E-state index contributed by atoms with van der Waals surface area (Å²) in [6.07, 6.45) is 1.28. The fourth-order valence-corrected chi connectivity index (χ4v) is 1.82. The summed E-state index contributed by atoms with van der Waals surface area (Å²) >= 11 is 4.95. The number of hydrogen-bond acceptors (Lipinski definition) is 4. The lowest BCUT2D eigenvalue weighted by Gasteiger charge is -1.99. The third-order valence-electron chi connectivity index (χ3n) is 1.40. The number of isocyanates is 1.